The number of rotatable bonds is 5. The highest BCUT2D eigenvalue weighted by molar-refractivity contribution is 9.10. The predicted octanol–water partition coefficient (Wildman–Crippen LogP) is 4.10. The Hall–Kier alpha value is -2.29. The SMILES string of the molecule is CCOc1ccc(Br)cc1/C=C1\SC(=Nc2ccc(Cl)c(C(=O)[O-])c2)N(C)C1=O. The van der Waals surface area contributed by atoms with E-state index in [1.54, 1.807) is 19.2 Å². The van der Waals surface area contributed by atoms with Crippen molar-refractivity contribution in [3.63, 3.8) is 0 Å². The van der Waals surface area contributed by atoms with Crippen LogP contribution in [0.3, 0.4) is 0 Å². The van der Waals surface area contributed by atoms with Gasteiger partial charge in [0.2, 0.25) is 0 Å². The number of carboxylic acid groups (broad SMARTS) is 1. The number of benzene rings is 2. The van der Waals surface area contributed by atoms with E-state index < -0.39 is 5.97 Å². The average Bonchev–Trinajstić information content (AvgIpc) is 2.93. The van der Waals surface area contributed by atoms with Crippen LogP contribution in [0.2, 0.25) is 5.02 Å². The molecule has 29 heavy (non-hydrogen) atoms. The number of amidine groups is 1. The molecule has 9 heteroatoms. The van der Waals surface area contributed by atoms with Crippen LogP contribution in [-0.2, 0) is 4.79 Å². The lowest BCUT2D eigenvalue weighted by molar-refractivity contribution is -0.255. The Labute approximate surface area is 185 Å². The molecule has 0 aliphatic carbocycles. The van der Waals surface area contributed by atoms with Crippen LogP contribution in [0.15, 0.2) is 50.8 Å². The number of carbonyl (C=O) groups is 2. The zero-order valence-corrected chi connectivity index (χ0v) is 18.6. The summed E-state index contributed by atoms with van der Waals surface area (Å²) >= 11 is 10.5. The van der Waals surface area contributed by atoms with Crippen molar-refractivity contribution in [2.24, 2.45) is 4.99 Å². The Bertz CT molecular complexity index is 1050. The summed E-state index contributed by atoms with van der Waals surface area (Å²) in [5.41, 5.74) is 0.962. The zero-order valence-electron chi connectivity index (χ0n) is 15.4. The zero-order chi connectivity index (χ0) is 21.1. The number of halogens is 2. The van der Waals surface area contributed by atoms with E-state index in [-0.39, 0.29) is 16.5 Å². The normalized spacial score (nSPS) is 16.7. The third-order valence-corrected chi connectivity index (χ3v) is 5.84. The molecule has 1 saturated heterocycles. The van der Waals surface area contributed by atoms with E-state index in [1.165, 1.54) is 28.8 Å². The number of hydrogen-bond donors (Lipinski definition) is 0. The van der Waals surface area contributed by atoms with Crippen molar-refractivity contribution in [2.75, 3.05) is 13.7 Å². The number of nitrogens with zero attached hydrogens (tertiary/aromatic N) is 2. The first kappa shape index (κ1) is 21.4. The Balaban J connectivity index is 1.95. The molecule has 2 aromatic carbocycles. The minimum absolute atomic E-state index is 0.0659. The number of ether oxygens (including phenoxy) is 1. The first-order valence-corrected chi connectivity index (χ1v) is 10.5. The maximum atomic E-state index is 12.7. The van der Waals surface area contributed by atoms with Crippen LogP contribution in [0.5, 0.6) is 5.75 Å². The molecule has 1 amide bonds. The number of carbonyl (C=O) groups excluding carboxylic acids is 2. The summed E-state index contributed by atoms with van der Waals surface area (Å²) in [4.78, 5) is 30.1. The van der Waals surface area contributed by atoms with E-state index in [4.69, 9.17) is 16.3 Å². The molecule has 6 nitrogen and oxygen atoms in total. The van der Waals surface area contributed by atoms with Gasteiger partial charge in [-0.2, -0.15) is 0 Å². The maximum Gasteiger partial charge on any atom is 0.266 e. The highest BCUT2D eigenvalue weighted by Gasteiger charge is 2.30. The summed E-state index contributed by atoms with van der Waals surface area (Å²) in [7, 11) is 1.61. The Morgan fingerprint density at radius 3 is 2.79 bits per heavy atom. The molecule has 3 rings (SSSR count). The third kappa shape index (κ3) is 4.83. The molecule has 0 aromatic heterocycles. The van der Waals surface area contributed by atoms with Crippen LogP contribution in [0.4, 0.5) is 5.69 Å². The van der Waals surface area contributed by atoms with Crippen LogP contribution < -0.4 is 9.84 Å². The van der Waals surface area contributed by atoms with Crippen LogP contribution in [0.1, 0.15) is 22.8 Å². The topological polar surface area (TPSA) is 82.0 Å². The van der Waals surface area contributed by atoms with Gasteiger partial charge in [-0.1, -0.05) is 27.5 Å². The summed E-state index contributed by atoms with van der Waals surface area (Å²) in [6.45, 7) is 2.39. The Kier molecular flexibility index (Phi) is 6.66. The first-order chi connectivity index (χ1) is 13.8. The summed E-state index contributed by atoms with van der Waals surface area (Å²) in [5.74, 6) is -0.939. The minimum Gasteiger partial charge on any atom is -0.545 e. The van der Waals surface area contributed by atoms with Gasteiger partial charge in [-0.25, -0.2) is 4.99 Å². The molecule has 0 atom stereocenters. The molecular formula is C20H15BrClN2O4S-. The smallest absolute Gasteiger partial charge is 0.266 e. The van der Waals surface area contributed by atoms with Crippen LogP contribution >= 0.6 is 39.3 Å². The van der Waals surface area contributed by atoms with E-state index >= 15 is 0 Å². The van der Waals surface area contributed by atoms with E-state index in [0.29, 0.717) is 28.1 Å². The first-order valence-electron chi connectivity index (χ1n) is 8.49. The summed E-state index contributed by atoms with van der Waals surface area (Å²) in [5, 5.41) is 11.6. The lowest BCUT2D eigenvalue weighted by atomic mass is 10.2. The number of aliphatic imine (C=N–C) groups is 1. The van der Waals surface area contributed by atoms with Crippen LogP contribution in [0, 0.1) is 0 Å². The largest absolute Gasteiger partial charge is 0.545 e. The fourth-order valence-corrected chi connectivity index (χ4v) is 4.11. The van der Waals surface area contributed by atoms with Crippen molar-refractivity contribution in [3.05, 3.63) is 61.9 Å². The molecule has 0 spiro atoms. The van der Waals surface area contributed by atoms with Gasteiger partial charge in [0.15, 0.2) is 5.17 Å². The molecule has 1 aliphatic heterocycles. The van der Waals surface area contributed by atoms with E-state index in [2.05, 4.69) is 20.9 Å². The van der Waals surface area contributed by atoms with Gasteiger partial charge in [0.05, 0.1) is 23.2 Å². The van der Waals surface area contributed by atoms with Gasteiger partial charge in [-0.3, -0.25) is 9.69 Å². The van der Waals surface area contributed by atoms with Crippen molar-refractivity contribution in [1.82, 2.24) is 4.90 Å². The van der Waals surface area contributed by atoms with Crippen molar-refractivity contribution < 1.29 is 19.4 Å². The van der Waals surface area contributed by atoms with Crippen LogP contribution in [0.25, 0.3) is 6.08 Å². The number of likely N-dealkylation sites (N-methyl/N-ethyl adjacent to an activating group) is 1. The van der Waals surface area contributed by atoms with Crippen molar-refractivity contribution in [3.8, 4) is 5.75 Å². The molecule has 0 unspecified atom stereocenters. The predicted molar refractivity (Wildman–Crippen MR) is 117 cm³/mol. The quantitative estimate of drug-likeness (QED) is 0.585. The van der Waals surface area contributed by atoms with Gasteiger partial charge in [0.1, 0.15) is 5.75 Å². The molecule has 0 radical (unpaired) electrons. The second kappa shape index (κ2) is 9.02. The number of thioether (sulfide) groups is 1. The highest BCUT2D eigenvalue weighted by Crippen LogP contribution is 2.36. The fourth-order valence-electron chi connectivity index (χ4n) is 2.56. The minimum atomic E-state index is -1.39. The monoisotopic (exact) mass is 493 g/mol. The molecule has 150 valence electrons. The number of amides is 1. The molecule has 2 aromatic rings. The molecule has 1 fully saturated rings. The van der Waals surface area contributed by atoms with E-state index in [0.717, 1.165) is 10.0 Å². The van der Waals surface area contributed by atoms with Crippen LogP contribution in [-0.4, -0.2) is 35.6 Å². The van der Waals surface area contributed by atoms with Gasteiger partial charge >= 0.3 is 0 Å². The maximum absolute atomic E-state index is 12.7. The Morgan fingerprint density at radius 2 is 2.10 bits per heavy atom. The second-order valence-electron chi connectivity index (χ2n) is 5.94. The van der Waals surface area contributed by atoms with Gasteiger partial charge in [0.25, 0.3) is 5.91 Å². The summed E-state index contributed by atoms with van der Waals surface area (Å²) < 4.78 is 6.49. The van der Waals surface area contributed by atoms with Gasteiger partial charge in [-0.15, -0.1) is 0 Å². The van der Waals surface area contributed by atoms with Crippen molar-refractivity contribution in [1.29, 1.82) is 0 Å². The lowest BCUT2D eigenvalue weighted by Gasteiger charge is -2.09. The van der Waals surface area contributed by atoms with Crippen molar-refractivity contribution >= 4 is 68.1 Å². The molecule has 1 heterocycles. The molecular weight excluding hydrogens is 480 g/mol. The highest BCUT2D eigenvalue weighted by atomic mass is 79.9. The average molecular weight is 495 g/mol. The summed E-state index contributed by atoms with van der Waals surface area (Å²) in [6.07, 6.45) is 1.75. The second-order valence-corrected chi connectivity index (χ2v) is 8.27. The Morgan fingerprint density at radius 1 is 1.34 bits per heavy atom. The van der Waals surface area contributed by atoms with Gasteiger partial charge in [0, 0.05) is 27.7 Å². The van der Waals surface area contributed by atoms with Gasteiger partial charge < -0.3 is 14.6 Å². The molecule has 1 aliphatic rings. The summed E-state index contributed by atoms with van der Waals surface area (Å²) in [6, 6.07) is 9.88. The van der Waals surface area contributed by atoms with Crippen molar-refractivity contribution in [2.45, 2.75) is 6.92 Å². The number of carboxylic acids is 1. The standard InChI is InChI=1S/C20H16BrClN2O4S/c1-3-28-16-7-4-12(21)8-11(16)9-17-18(25)24(2)20(29-17)23-13-5-6-15(22)14(10-13)19(26)27/h4-10H,3H2,1-2H3,(H,26,27)/p-1/b17-9-,23-20?. The van der Waals surface area contributed by atoms with Gasteiger partial charge in [-0.05, 0) is 61.2 Å². The van der Waals surface area contributed by atoms with E-state index in [1.807, 2.05) is 25.1 Å². The third-order valence-electron chi connectivity index (χ3n) is 3.96. The fraction of sp³-hybridized carbons (Fsp3) is 0.150. The number of hydrogen-bond acceptors (Lipinski definition) is 6. The molecule has 0 N–H and O–H groups in total. The lowest BCUT2D eigenvalue weighted by Crippen LogP contribution is -2.24. The molecule has 0 bridgehead atoms. The molecule has 0 saturated carbocycles. The number of aromatic carboxylic acids is 1. The van der Waals surface area contributed by atoms with E-state index in [9.17, 15) is 14.7 Å².